The van der Waals surface area contributed by atoms with E-state index in [-0.39, 0.29) is 11.4 Å². The molecular weight excluding hydrogens is 405 g/mol. The summed E-state index contributed by atoms with van der Waals surface area (Å²) < 4.78 is 0. The number of hydrazone groups is 1. The monoisotopic (exact) mass is 431 g/mol. The minimum atomic E-state index is -0.331. The van der Waals surface area contributed by atoms with Crippen LogP contribution in [0.3, 0.4) is 0 Å². The smallest absolute Gasteiger partial charge is 0.271 e. The largest absolute Gasteiger partial charge is 0.366 e. The summed E-state index contributed by atoms with van der Waals surface area (Å²) in [6, 6.07) is 9.17. The van der Waals surface area contributed by atoms with Crippen LogP contribution in [-0.4, -0.2) is 24.2 Å². The molecule has 1 amide bonds. The number of rotatable bonds is 4. The number of aryl methyl sites for hydroxylation is 1. The summed E-state index contributed by atoms with van der Waals surface area (Å²) in [5.41, 5.74) is 7.86. The van der Waals surface area contributed by atoms with E-state index < -0.39 is 0 Å². The molecule has 0 radical (unpaired) electrons. The third-order valence-corrected chi connectivity index (χ3v) is 6.38. The molecule has 2 aromatic rings. The molecule has 1 heterocycles. The van der Waals surface area contributed by atoms with Crippen molar-refractivity contribution in [3.63, 3.8) is 0 Å². The third kappa shape index (κ3) is 4.44. The first-order valence-electron chi connectivity index (χ1n) is 9.84. The molecule has 29 heavy (non-hydrogen) atoms. The van der Waals surface area contributed by atoms with Crippen LogP contribution in [0.15, 0.2) is 35.4 Å². The molecule has 0 unspecified atom stereocenters. The topological polar surface area (TPSA) is 44.7 Å². The molecule has 0 saturated heterocycles. The standard InChI is InChI=1S/C23H27Cl2N3O/c1-6-28-21-9-14(2)17(10-18(21)15(3)12-23(28,4)5)13-26-27-22(29)16-7-8-19(24)20(25)11-16/h7-11,13,15H,6,12H2,1-5H3,(H,27,29)/b26-13-/t15-/m1/s1. The highest BCUT2D eigenvalue weighted by Crippen LogP contribution is 2.44. The van der Waals surface area contributed by atoms with Crippen LogP contribution in [0.1, 0.15) is 67.1 Å². The number of amides is 1. The van der Waals surface area contributed by atoms with Gasteiger partial charge in [-0.1, -0.05) is 30.1 Å². The molecule has 0 aliphatic carbocycles. The molecule has 1 N–H and O–H groups in total. The normalized spacial score (nSPS) is 18.0. The van der Waals surface area contributed by atoms with Gasteiger partial charge in [0.15, 0.2) is 0 Å². The minimum absolute atomic E-state index is 0.136. The first kappa shape index (κ1) is 21.7. The van der Waals surface area contributed by atoms with Gasteiger partial charge in [0.05, 0.1) is 16.3 Å². The van der Waals surface area contributed by atoms with Gasteiger partial charge in [-0.05, 0) is 87.1 Å². The molecule has 1 atom stereocenters. The van der Waals surface area contributed by atoms with E-state index in [0.717, 1.165) is 24.1 Å². The van der Waals surface area contributed by atoms with Crippen LogP contribution in [-0.2, 0) is 0 Å². The number of fused-ring (bicyclic) bond motifs is 1. The highest BCUT2D eigenvalue weighted by molar-refractivity contribution is 6.42. The number of benzene rings is 2. The van der Waals surface area contributed by atoms with Crippen molar-refractivity contribution in [2.45, 2.75) is 52.5 Å². The number of nitrogens with zero attached hydrogens (tertiary/aromatic N) is 2. The van der Waals surface area contributed by atoms with Gasteiger partial charge >= 0.3 is 0 Å². The van der Waals surface area contributed by atoms with Gasteiger partial charge in [0.25, 0.3) is 5.91 Å². The van der Waals surface area contributed by atoms with Crippen LogP contribution in [0, 0.1) is 6.92 Å². The first-order chi connectivity index (χ1) is 13.6. The van der Waals surface area contributed by atoms with Crippen molar-refractivity contribution >= 4 is 41.0 Å². The van der Waals surface area contributed by atoms with Gasteiger partial charge in [-0.25, -0.2) is 5.43 Å². The van der Waals surface area contributed by atoms with E-state index in [2.05, 4.69) is 62.2 Å². The Kier molecular flexibility index (Phi) is 6.25. The van der Waals surface area contributed by atoms with E-state index in [9.17, 15) is 4.79 Å². The predicted octanol–water partition coefficient (Wildman–Crippen LogP) is 6.18. The molecule has 0 aromatic heterocycles. The van der Waals surface area contributed by atoms with E-state index >= 15 is 0 Å². The van der Waals surface area contributed by atoms with Crippen molar-refractivity contribution in [3.05, 3.63) is 62.6 Å². The average Bonchev–Trinajstić information content (AvgIpc) is 2.64. The second kappa shape index (κ2) is 8.37. The minimum Gasteiger partial charge on any atom is -0.366 e. The highest BCUT2D eigenvalue weighted by atomic mass is 35.5. The van der Waals surface area contributed by atoms with Crippen molar-refractivity contribution in [1.82, 2.24) is 5.43 Å². The Balaban J connectivity index is 1.82. The molecule has 4 nitrogen and oxygen atoms in total. The van der Waals surface area contributed by atoms with Gasteiger partial charge in [-0.3, -0.25) is 4.79 Å². The lowest BCUT2D eigenvalue weighted by atomic mass is 9.79. The quantitative estimate of drug-likeness (QED) is 0.463. The van der Waals surface area contributed by atoms with Crippen molar-refractivity contribution < 1.29 is 4.79 Å². The van der Waals surface area contributed by atoms with Crippen LogP contribution in [0.4, 0.5) is 5.69 Å². The number of hydrogen-bond acceptors (Lipinski definition) is 3. The lowest BCUT2D eigenvalue weighted by molar-refractivity contribution is 0.0955. The molecule has 2 aromatic carbocycles. The zero-order chi connectivity index (χ0) is 21.3. The van der Waals surface area contributed by atoms with Gasteiger partial charge in [-0.15, -0.1) is 0 Å². The number of anilines is 1. The number of hydrogen-bond donors (Lipinski definition) is 1. The molecule has 3 rings (SSSR count). The Morgan fingerprint density at radius 3 is 2.66 bits per heavy atom. The second-order valence-corrected chi connectivity index (χ2v) is 9.07. The molecule has 1 aliphatic rings. The molecule has 154 valence electrons. The number of carbonyl (C=O) groups excluding carboxylic acids is 1. The maximum Gasteiger partial charge on any atom is 0.271 e. The number of nitrogens with one attached hydrogen (secondary N) is 1. The third-order valence-electron chi connectivity index (χ3n) is 5.64. The van der Waals surface area contributed by atoms with E-state index in [0.29, 0.717) is 21.5 Å². The Morgan fingerprint density at radius 1 is 1.28 bits per heavy atom. The van der Waals surface area contributed by atoms with Crippen LogP contribution in [0.5, 0.6) is 0 Å². The van der Waals surface area contributed by atoms with Crippen molar-refractivity contribution in [3.8, 4) is 0 Å². The lowest BCUT2D eigenvalue weighted by Gasteiger charge is -2.47. The Hall–Kier alpha value is -2.04. The lowest BCUT2D eigenvalue weighted by Crippen LogP contribution is -2.48. The Labute approximate surface area is 182 Å². The molecule has 0 fully saturated rings. The Bertz CT molecular complexity index is 969. The van der Waals surface area contributed by atoms with Gasteiger partial charge in [0.1, 0.15) is 0 Å². The van der Waals surface area contributed by atoms with E-state index in [1.165, 1.54) is 17.3 Å². The van der Waals surface area contributed by atoms with E-state index in [1.807, 2.05) is 0 Å². The van der Waals surface area contributed by atoms with Crippen molar-refractivity contribution in [2.75, 3.05) is 11.4 Å². The average molecular weight is 432 g/mol. The first-order valence-corrected chi connectivity index (χ1v) is 10.6. The number of carbonyl (C=O) groups is 1. The molecule has 0 saturated carbocycles. The predicted molar refractivity (Wildman–Crippen MR) is 123 cm³/mol. The molecule has 6 heteroatoms. The fourth-order valence-corrected chi connectivity index (χ4v) is 4.55. The van der Waals surface area contributed by atoms with Crippen molar-refractivity contribution in [2.24, 2.45) is 5.10 Å². The second-order valence-electron chi connectivity index (χ2n) is 8.26. The van der Waals surface area contributed by atoms with Gasteiger partial charge in [0.2, 0.25) is 0 Å². The van der Waals surface area contributed by atoms with Crippen LogP contribution in [0.2, 0.25) is 10.0 Å². The summed E-state index contributed by atoms with van der Waals surface area (Å²) in [6.07, 6.45) is 2.80. The maximum atomic E-state index is 12.3. The maximum absolute atomic E-state index is 12.3. The summed E-state index contributed by atoms with van der Waals surface area (Å²) in [5, 5.41) is 4.91. The highest BCUT2D eigenvalue weighted by Gasteiger charge is 2.35. The molecular formula is C23H27Cl2N3O. The molecule has 0 bridgehead atoms. The summed E-state index contributed by atoms with van der Waals surface area (Å²) in [7, 11) is 0. The summed E-state index contributed by atoms with van der Waals surface area (Å²) >= 11 is 11.9. The number of halogens is 2. The van der Waals surface area contributed by atoms with Crippen molar-refractivity contribution in [1.29, 1.82) is 0 Å². The van der Waals surface area contributed by atoms with E-state index in [1.54, 1.807) is 18.3 Å². The van der Waals surface area contributed by atoms with Gasteiger partial charge < -0.3 is 4.90 Å². The SMILES string of the molecule is CCN1c2cc(C)c(/C=N\NC(=O)c3ccc(Cl)c(Cl)c3)cc2[C@H](C)CC1(C)C. The fraction of sp³-hybridized carbons (Fsp3) is 0.391. The van der Waals surface area contributed by atoms with Crippen LogP contribution >= 0.6 is 23.2 Å². The zero-order valence-electron chi connectivity index (χ0n) is 17.5. The molecule has 0 spiro atoms. The fourth-order valence-electron chi connectivity index (χ4n) is 4.25. The zero-order valence-corrected chi connectivity index (χ0v) is 19.0. The summed E-state index contributed by atoms with van der Waals surface area (Å²) in [4.78, 5) is 14.8. The summed E-state index contributed by atoms with van der Waals surface area (Å²) in [5.74, 6) is 0.129. The van der Waals surface area contributed by atoms with Crippen LogP contribution in [0.25, 0.3) is 0 Å². The van der Waals surface area contributed by atoms with Gasteiger partial charge in [0, 0.05) is 23.3 Å². The van der Waals surface area contributed by atoms with Crippen LogP contribution < -0.4 is 10.3 Å². The summed E-state index contributed by atoms with van der Waals surface area (Å²) in [6.45, 7) is 12.1. The molecule has 1 aliphatic heterocycles. The van der Waals surface area contributed by atoms with E-state index in [4.69, 9.17) is 23.2 Å². The van der Waals surface area contributed by atoms with Gasteiger partial charge in [-0.2, -0.15) is 5.10 Å². The Morgan fingerprint density at radius 2 is 2.00 bits per heavy atom.